The van der Waals surface area contributed by atoms with Gasteiger partial charge in [0.1, 0.15) is 0 Å². The van der Waals surface area contributed by atoms with E-state index in [4.69, 9.17) is 0 Å². The molecule has 0 aliphatic heterocycles. The first-order valence-electron chi connectivity index (χ1n) is 6.94. The van der Waals surface area contributed by atoms with E-state index in [1.807, 2.05) is 7.05 Å². The minimum absolute atomic E-state index is 0.109. The Kier molecular flexibility index (Phi) is 5.11. The Labute approximate surface area is 118 Å². The molecule has 0 bridgehead atoms. The van der Waals surface area contributed by atoms with Crippen molar-refractivity contribution in [2.24, 2.45) is 10.4 Å². The van der Waals surface area contributed by atoms with E-state index in [1.54, 1.807) is 0 Å². The molecule has 1 aromatic rings. The molecule has 0 aromatic heterocycles. The lowest BCUT2D eigenvalue weighted by Gasteiger charge is -2.19. The molecule has 0 saturated heterocycles. The highest BCUT2D eigenvalue weighted by Gasteiger charge is 2.16. The maximum absolute atomic E-state index is 4.42. The molecule has 1 aromatic carbocycles. The van der Waals surface area contributed by atoms with Gasteiger partial charge in [-0.25, -0.2) is 0 Å². The van der Waals surface area contributed by atoms with Crippen LogP contribution in [0.1, 0.15) is 44.4 Å². The van der Waals surface area contributed by atoms with Crippen molar-refractivity contribution in [1.29, 1.82) is 0 Å². The lowest BCUT2D eigenvalue weighted by molar-refractivity contribution is 0.593. The first-order valence-corrected chi connectivity index (χ1v) is 6.94. The van der Waals surface area contributed by atoms with E-state index in [1.165, 1.54) is 22.3 Å². The van der Waals surface area contributed by atoms with Crippen LogP contribution in [0.15, 0.2) is 34.8 Å². The lowest BCUT2D eigenvalue weighted by Crippen LogP contribution is -2.18. The van der Waals surface area contributed by atoms with Crippen LogP contribution in [-0.4, -0.2) is 12.8 Å². The fraction of sp³-hybridized carbons (Fsp3) is 0.500. The number of aliphatic imine (C=N–C) groups is 1. The predicted molar refractivity (Wildman–Crippen MR) is 86.2 cm³/mol. The topological polar surface area (TPSA) is 12.4 Å². The lowest BCUT2D eigenvalue weighted by atomic mass is 9.88. The number of rotatable bonds is 3. The first-order chi connectivity index (χ1) is 8.74. The molecule has 104 valence electrons. The zero-order chi connectivity index (χ0) is 14.6. The van der Waals surface area contributed by atoms with Gasteiger partial charge in [-0.05, 0) is 44.4 Å². The van der Waals surface area contributed by atoms with Gasteiger partial charge in [-0.15, -0.1) is 0 Å². The van der Waals surface area contributed by atoms with Crippen LogP contribution in [0.25, 0.3) is 0 Å². The minimum atomic E-state index is 0.109. The summed E-state index contributed by atoms with van der Waals surface area (Å²) in [6.07, 6.45) is 3.24. The van der Waals surface area contributed by atoms with Crippen molar-refractivity contribution in [3.63, 3.8) is 0 Å². The quantitative estimate of drug-likeness (QED) is 0.682. The second-order valence-corrected chi connectivity index (χ2v) is 6.46. The SMILES string of the molecule is C/N=C(\C=C(\C)Cc1ccc(C)cc1C)C(C)(C)C. The van der Waals surface area contributed by atoms with Crippen molar-refractivity contribution < 1.29 is 0 Å². The standard InChI is InChI=1S/C18H27N/c1-13-8-9-16(15(3)10-13)11-14(2)12-17(19-7)18(4,5)6/h8-10,12H,11H2,1-7H3/b14-12-,19-17+. The van der Waals surface area contributed by atoms with Crippen LogP contribution in [0.5, 0.6) is 0 Å². The zero-order valence-corrected chi connectivity index (χ0v) is 13.5. The molecule has 1 heteroatoms. The van der Waals surface area contributed by atoms with Gasteiger partial charge in [0.25, 0.3) is 0 Å². The minimum Gasteiger partial charge on any atom is -0.293 e. The van der Waals surface area contributed by atoms with Gasteiger partial charge >= 0.3 is 0 Å². The Bertz CT molecular complexity index is 499. The summed E-state index contributed by atoms with van der Waals surface area (Å²) in [5, 5.41) is 0. The molecule has 0 heterocycles. The molecular weight excluding hydrogens is 230 g/mol. The van der Waals surface area contributed by atoms with E-state index >= 15 is 0 Å². The number of hydrogen-bond acceptors (Lipinski definition) is 1. The molecule has 0 spiro atoms. The largest absolute Gasteiger partial charge is 0.293 e. The fourth-order valence-electron chi connectivity index (χ4n) is 2.25. The highest BCUT2D eigenvalue weighted by molar-refractivity contribution is 5.99. The Morgan fingerprint density at radius 1 is 1.21 bits per heavy atom. The molecule has 0 saturated carbocycles. The molecule has 0 atom stereocenters. The van der Waals surface area contributed by atoms with E-state index < -0.39 is 0 Å². The van der Waals surface area contributed by atoms with E-state index in [9.17, 15) is 0 Å². The van der Waals surface area contributed by atoms with Gasteiger partial charge in [-0.2, -0.15) is 0 Å². The summed E-state index contributed by atoms with van der Waals surface area (Å²) >= 11 is 0. The average molecular weight is 257 g/mol. The molecule has 1 nitrogen and oxygen atoms in total. The summed E-state index contributed by atoms with van der Waals surface area (Å²) in [5.41, 5.74) is 6.74. The second-order valence-electron chi connectivity index (χ2n) is 6.46. The summed E-state index contributed by atoms with van der Waals surface area (Å²) in [6, 6.07) is 6.68. The monoisotopic (exact) mass is 257 g/mol. The van der Waals surface area contributed by atoms with Crippen LogP contribution in [0.3, 0.4) is 0 Å². The fourth-order valence-corrected chi connectivity index (χ4v) is 2.25. The molecule has 0 aliphatic carbocycles. The summed E-state index contributed by atoms with van der Waals surface area (Å²) < 4.78 is 0. The maximum Gasteiger partial charge on any atom is 0.0397 e. The highest BCUT2D eigenvalue weighted by Crippen LogP contribution is 2.20. The van der Waals surface area contributed by atoms with E-state index in [2.05, 4.69) is 70.8 Å². The Morgan fingerprint density at radius 3 is 2.32 bits per heavy atom. The zero-order valence-electron chi connectivity index (χ0n) is 13.5. The van der Waals surface area contributed by atoms with Crippen molar-refractivity contribution in [3.05, 3.63) is 46.5 Å². The van der Waals surface area contributed by atoms with Gasteiger partial charge in [0, 0.05) is 18.2 Å². The first kappa shape index (κ1) is 15.7. The predicted octanol–water partition coefficient (Wildman–Crippen LogP) is 4.91. The van der Waals surface area contributed by atoms with E-state index in [0.29, 0.717) is 0 Å². The smallest absolute Gasteiger partial charge is 0.0397 e. The second kappa shape index (κ2) is 6.18. The van der Waals surface area contributed by atoms with E-state index in [-0.39, 0.29) is 5.41 Å². The van der Waals surface area contributed by atoms with Crippen molar-refractivity contribution in [2.75, 3.05) is 7.05 Å². The number of allylic oxidation sites excluding steroid dienone is 2. The van der Waals surface area contributed by atoms with Gasteiger partial charge in [-0.1, -0.05) is 50.1 Å². The molecule has 0 amide bonds. The van der Waals surface area contributed by atoms with Crippen LogP contribution in [-0.2, 0) is 6.42 Å². The third kappa shape index (κ3) is 4.66. The number of nitrogens with zero attached hydrogens (tertiary/aromatic N) is 1. The molecular formula is C18H27N. The van der Waals surface area contributed by atoms with Crippen molar-refractivity contribution >= 4 is 5.71 Å². The summed E-state index contributed by atoms with van der Waals surface area (Å²) in [5.74, 6) is 0. The van der Waals surface area contributed by atoms with Crippen LogP contribution >= 0.6 is 0 Å². The maximum atomic E-state index is 4.42. The molecule has 19 heavy (non-hydrogen) atoms. The Hall–Kier alpha value is -1.37. The van der Waals surface area contributed by atoms with Gasteiger partial charge in [0.05, 0.1) is 0 Å². The summed E-state index contributed by atoms with van der Waals surface area (Å²) in [6.45, 7) is 13.1. The Morgan fingerprint density at radius 2 is 1.84 bits per heavy atom. The van der Waals surface area contributed by atoms with Crippen LogP contribution in [0.4, 0.5) is 0 Å². The molecule has 0 radical (unpaired) electrons. The van der Waals surface area contributed by atoms with Crippen LogP contribution < -0.4 is 0 Å². The van der Waals surface area contributed by atoms with Gasteiger partial charge < -0.3 is 0 Å². The van der Waals surface area contributed by atoms with Crippen molar-refractivity contribution in [3.8, 4) is 0 Å². The summed E-state index contributed by atoms with van der Waals surface area (Å²) in [4.78, 5) is 4.42. The molecule has 0 fully saturated rings. The van der Waals surface area contributed by atoms with Crippen LogP contribution in [0, 0.1) is 19.3 Å². The number of hydrogen-bond donors (Lipinski definition) is 0. The van der Waals surface area contributed by atoms with Crippen LogP contribution in [0.2, 0.25) is 0 Å². The average Bonchev–Trinajstić information content (AvgIpc) is 2.28. The van der Waals surface area contributed by atoms with E-state index in [0.717, 1.165) is 12.1 Å². The summed E-state index contributed by atoms with van der Waals surface area (Å²) in [7, 11) is 1.88. The van der Waals surface area contributed by atoms with Gasteiger partial charge in [0.15, 0.2) is 0 Å². The highest BCUT2D eigenvalue weighted by atomic mass is 14.7. The molecule has 0 unspecified atom stereocenters. The molecule has 0 N–H and O–H groups in total. The molecule has 1 rings (SSSR count). The van der Waals surface area contributed by atoms with Crippen molar-refractivity contribution in [1.82, 2.24) is 0 Å². The molecule has 0 aliphatic rings. The third-order valence-electron chi connectivity index (χ3n) is 3.36. The third-order valence-corrected chi connectivity index (χ3v) is 3.36. The normalized spacial score (nSPS) is 13.8. The number of aryl methyl sites for hydroxylation is 2. The van der Waals surface area contributed by atoms with Gasteiger partial charge in [0.2, 0.25) is 0 Å². The van der Waals surface area contributed by atoms with Crippen molar-refractivity contribution in [2.45, 2.75) is 48.0 Å². The Balaban J connectivity index is 2.93. The van der Waals surface area contributed by atoms with Gasteiger partial charge in [-0.3, -0.25) is 4.99 Å². The number of benzene rings is 1.